The Morgan fingerprint density at radius 1 is 1.32 bits per heavy atom. The van der Waals surface area contributed by atoms with Crippen LogP contribution in [0.1, 0.15) is 18.5 Å². The zero-order valence-corrected chi connectivity index (χ0v) is 11.6. The molecule has 0 bridgehead atoms. The van der Waals surface area contributed by atoms with E-state index in [-0.39, 0.29) is 5.69 Å². The van der Waals surface area contributed by atoms with Gasteiger partial charge in [0.15, 0.2) is 0 Å². The minimum atomic E-state index is -0.227. The molecule has 100 valence electrons. The number of hydrogen-bond donors (Lipinski definition) is 0. The van der Waals surface area contributed by atoms with E-state index in [0.717, 1.165) is 24.1 Å². The molecule has 0 radical (unpaired) electrons. The molecule has 0 unspecified atom stereocenters. The second-order valence-corrected chi connectivity index (χ2v) is 4.70. The highest BCUT2D eigenvalue weighted by molar-refractivity contribution is 6.17. The van der Waals surface area contributed by atoms with Crippen LogP contribution in [0, 0.1) is 6.92 Å². The molecule has 0 aromatic carbocycles. The van der Waals surface area contributed by atoms with E-state index in [1.807, 2.05) is 25.1 Å². The fourth-order valence-corrected chi connectivity index (χ4v) is 2.07. The standard InChI is InChI=1S/C14H16ClN3O/c1-11-12(5-4-8-16-11)13-6-10-18(14(19)17-13)9-3-2-7-15/h4-6,8,10H,2-3,7,9H2,1H3. The van der Waals surface area contributed by atoms with Crippen molar-refractivity contribution in [3.05, 3.63) is 46.8 Å². The number of aryl methyl sites for hydroxylation is 2. The number of pyridine rings is 1. The van der Waals surface area contributed by atoms with Crippen molar-refractivity contribution in [3.63, 3.8) is 0 Å². The Hall–Kier alpha value is -1.68. The summed E-state index contributed by atoms with van der Waals surface area (Å²) in [5.41, 5.74) is 2.21. The number of unbranched alkanes of at least 4 members (excludes halogenated alkanes) is 1. The minimum absolute atomic E-state index is 0.227. The molecule has 5 heteroatoms. The topological polar surface area (TPSA) is 47.8 Å². The molecule has 2 heterocycles. The molecular weight excluding hydrogens is 262 g/mol. The minimum Gasteiger partial charge on any atom is -0.299 e. The van der Waals surface area contributed by atoms with E-state index in [1.54, 1.807) is 17.0 Å². The third-order valence-electron chi connectivity index (χ3n) is 2.94. The van der Waals surface area contributed by atoms with Crippen LogP contribution in [0.2, 0.25) is 0 Å². The molecule has 0 fully saturated rings. The Balaban J connectivity index is 2.24. The first-order chi connectivity index (χ1) is 9.22. The van der Waals surface area contributed by atoms with Gasteiger partial charge in [0.1, 0.15) is 0 Å². The number of hydrogen-bond acceptors (Lipinski definition) is 3. The van der Waals surface area contributed by atoms with E-state index in [0.29, 0.717) is 18.1 Å². The molecule has 0 saturated carbocycles. The molecule has 0 amide bonds. The maximum absolute atomic E-state index is 11.9. The van der Waals surface area contributed by atoms with E-state index in [1.165, 1.54) is 0 Å². The van der Waals surface area contributed by atoms with Gasteiger partial charge < -0.3 is 0 Å². The van der Waals surface area contributed by atoms with E-state index >= 15 is 0 Å². The van der Waals surface area contributed by atoms with Gasteiger partial charge in [-0.25, -0.2) is 4.79 Å². The Morgan fingerprint density at radius 2 is 2.16 bits per heavy atom. The van der Waals surface area contributed by atoms with Crippen LogP contribution in [-0.2, 0) is 6.54 Å². The SMILES string of the molecule is Cc1ncccc1-c1ccn(CCCCCl)c(=O)n1. The maximum Gasteiger partial charge on any atom is 0.348 e. The second-order valence-electron chi connectivity index (χ2n) is 4.32. The Bertz CT molecular complexity index is 610. The van der Waals surface area contributed by atoms with Gasteiger partial charge in [0.2, 0.25) is 0 Å². The van der Waals surface area contributed by atoms with Crippen LogP contribution in [0.5, 0.6) is 0 Å². The normalized spacial score (nSPS) is 10.6. The van der Waals surface area contributed by atoms with Crippen molar-refractivity contribution in [2.75, 3.05) is 5.88 Å². The number of alkyl halides is 1. The lowest BCUT2D eigenvalue weighted by Crippen LogP contribution is -2.22. The third-order valence-corrected chi connectivity index (χ3v) is 3.21. The van der Waals surface area contributed by atoms with Crippen molar-refractivity contribution < 1.29 is 0 Å². The van der Waals surface area contributed by atoms with Gasteiger partial charge in [-0.1, -0.05) is 0 Å². The zero-order valence-electron chi connectivity index (χ0n) is 10.8. The molecule has 0 N–H and O–H groups in total. The second kappa shape index (κ2) is 6.48. The monoisotopic (exact) mass is 277 g/mol. The Morgan fingerprint density at radius 3 is 2.84 bits per heavy atom. The first-order valence-electron chi connectivity index (χ1n) is 6.28. The number of rotatable bonds is 5. The van der Waals surface area contributed by atoms with Crippen molar-refractivity contribution >= 4 is 11.6 Å². The summed E-state index contributed by atoms with van der Waals surface area (Å²) in [6, 6.07) is 5.62. The van der Waals surface area contributed by atoms with Gasteiger partial charge in [-0.3, -0.25) is 9.55 Å². The first-order valence-corrected chi connectivity index (χ1v) is 6.81. The van der Waals surface area contributed by atoms with Crippen molar-refractivity contribution in [3.8, 4) is 11.3 Å². The molecule has 0 saturated heterocycles. The van der Waals surface area contributed by atoms with Gasteiger partial charge in [-0.15, -0.1) is 11.6 Å². The average molecular weight is 278 g/mol. The van der Waals surface area contributed by atoms with Crippen LogP contribution in [0.15, 0.2) is 35.4 Å². The van der Waals surface area contributed by atoms with Gasteiger partial charge in [-0.2, -0.15) is 4.98 Å². The van der Waals surface area contributed by atoms with Crippen LogP contribution >= 0.6 is 11.6 Å². The lowest BCUT2D eigenvalue weighted by Gasteiger charge is -2.07. The van der Waals surface area contributed by atoms with Crippen LogP contribution in [0.25, 0.3) is 11.3 Å². The predicted molar refractivity (Wildman–Crippen MR) is 76.4 cm³/mol. The molecule has 19 heavy (non-hydrogen) atoms. The van der Waals surface area contributed by atoms with Crippen molar-refractivity contribution in [1.82, 2.24) is 14.5 Å². The lowest BCUT2D eigenvalue weighted by atomic mass is 10.1. The van der Waals surface area contributed by atoms with Crippen molar-refractivity contribution in [2.45, 2.75) is 26.3 Å². The van der Waals surface area contributed by atoms with E-state index in [9.17, 15) is 4.79 Å². The van der Waals surface area contributed by atoms with Crippen LogP contribution in [0.3, 0.4) is 0 Å². The molecule has 2 aromatic rings. The Labute approximate surface area is 117 Å². The van der Waals surface area contributed by atoms with Crippen LogP contribution in [0.4, 0.5) is 0 Å². The highest BCUT2D eigenvalue weighted by Crippen LogP contribution is 2.17. The zero-order chi connectivity index (χ0) is 13.7. The van der Waals surface area contributed by atoms with Crippen LogP contribution in [-0.4, -0.2) is 20.4 Å². The largest absolute Gasteiger partial charge is 0.348 e. The van der Waals surface area contributed by atoms with E-state index in [2.05, 4.69) is 9.97 Å². The van der Waals surface area contributed by atoms with Gasteiger partial charge in [0.25, 0.3) is 0 Å². The Kier molecular flexibility index (Phi) is 4.68. The average Bonchev–Trinajstić information content (AvgIpc) is 2.41. The first kappa shape index (κ1) is 13.7. The van der Waals surface area contributed by atoms with Gasteiger partial charge in [0.05, 0.1) is 5.69 Å². The molecule has 2 aromatic heterocycles. The van der Waals surface area contributed by atoms with Gasteiger partial charge >= 0.3 is 5.69 Å². The molecule has 0 aliphatic heterocycles. The summed E-state index contributed by atoms with van der Waals surface area (Å²) in [4.78, 5) is 20.2. The molecule has 2 rings (SSSR count). The summed E-state index contributed by atoms with van der Waals surface area (Å²) < 4.78 is 1.61. The fourth-order valence-electron chi connectivity index (χ4n) is 1.88. The van der Waals surface area contributed by atoms with E-state index < -0.39 is 0 Å². The number of nitrogens with zero attached hydrogens (tertiary/aromatic N) is 3. The highest BCUT2D eigenvalue weighted by atomic mass is 35.5. The molecule has 0 spiro atoms. The molecule has 0 aliphatic rings. The van der Waals surface area contributed by atoms with Gasteiger partial charge in [-0.05, 0) is 38.0 Å². The summed E-state index contributed by atoms with van der Waals surface area (Å²) in [5, 5.41) is 0. The number of halogens is 1. The van der Waals surface area contributed by atoms with E-state index in [4.69, 9.17) is 11.6 Å². The number of aromatic nitrogens is 3. The predicted octanol–water partition coefficient (Wildman–Crippen LogP) is 2.63. The molecular formula is C14H16ClN3O. The summed E-state index contributed by atoms with van der Waals surface area (Å²) in [5.74, 6) is 0.620. The quantitative estimate of drug-likeness (QED) is 0.623. The highest BCUT2D eigenvalue weighted by Gasteiger charge is 2.05. The fraction of sp³-hybridized carbons (Fsp3) is 0.357. The van der Waals surface area contributed by atoms with Crippen LogP contribution < -0.4 is 5.69 Å². The summed E-state index contributed by atoms with van der Waals surface area (Å²) in [7, 11) is 0. The summed E-state index contributed by atoms with van der Waals surface area (Å²) in [6.45, 7) is 2.56. The van der Waals surface area contributed by atoms with Crippen molar-refractivity contribution in [2.24, 2.45) is 0 Å². The van der Waals surface area contributed by atoms with Gasteiger partial charge in [0, 0.05) is 36.1 Å². The molecule has 0 atom stereocenters. The van der Waals surface area contributed by atoms with Crippen molar-refractivity contribution in [1.29, 1.82) is 0 Å². The molecule has 0 aliphatic carbocycles. The summed E-state index contributed by atoms with van der Waals surface area (Å²) >= 11 is 5.62. The third kappa shape index (κ3) is 3.41. The maximum atomic E-state index is 11.9. The molecule has 4 nitrogen and oxygen atoms in total. The summed E-state index contributed by atoms with van der Waals surface area (Å²) in [6.07, 6.45) is 5.30. The smallest absolute Gasteiger partial charge is 0.299 e. The lowest BCUT2D eigenvalue weighted by molar-refractivity contribution is 0.601.